The van der Waals surface area contributed by atoms with Crippen LogP contribution in [0, 0.1) is 5.92 Å². The fourth-order valence-corrected chi connectivity index (χ4v) is 2.89. The molecule has 3 rings (SSSR count). The first-order valence-electron chi connectivity index (χ1n) is 8.21. The maximum atomic E-state index is 12.9. The SMILES string of the molecule is C[C@@H](C(=O)c1ccccc1)[C@@H](Nc1ccccc1)c1ccccc1. The van der Waals surface area contributed by atoms with Crippen molar-refractivity contribution < 1.29 is 4.79 Å². The van der Waals surface area contributed by atoms with Crippen molar-refractivity contribution in [3.63, 3.8) is 0 Å². The average molecular weight is 315 g/mol. The van der Waals surface area contributed by atoms with Crippen molar-refractivity contribution in [1.29, 1.82) is 0 Å². The maximum absolute atomic E-state index is 12.9. The van der Waals surface area contributed by atoms with Gasteiger partial charge in [0.2, 0.25) is 0 Å². The van der Waals surface area contributed by atoms with Crippen LogP contribution in [0.25, 0.3) is 0 Å². The van der Waals surface area contributed by atoms with Gasteiger partial charge in [-0.3, -0.25) is 4.79 Å². The highest BCUT2D eigenvalue weighted by molar-refractivity contribution is 5.98. The number of hydrogen-bond acceptors (Lipinski definition) is 2. The Labute approximate surface area is 143 Å². The number of benzene rings is 3. The van der Waals surface area contributed by atoms with Crippen LogP contribution in [0.5, 0.6) is 0 Å². The summed E-state index contributed by atoms with van der Waals surface area (Å²) in [5.41, 5.74) is 2.87. The summed E-state index contributed by atoms with van der Waals surface area (Å²) in [6, 6.07) is 29.6. The molecule has 24 heavy (non-hydrogen) atoms. The van der Waals surface area contributed by atoms with Gasteiger partial charge in [-0.2, -0.15) is 0 Å². The van der Waals surface area contributed by atoms with Crippen molar-refractivity contribution in [3.05, 3.63) is 102 Å². The van der Waals surface area contributed by atoms with E-state index in [1.165, 1.54) is 0 Å². The summed E-state index contributed by atoms with van der Waals surface area (Å²) in [5, 5.41) is 3.52. The van der Waals surface area contributed by atoms with Crippen LogP contribution in [0.3, 0.4) is 0 Å². The molecule has 3 aromatic rings. The van der Waals surface area contributed by atoms with Crippen LogP contribution in [0.15, 0.2) is 91.0 Å². The number of carbonyl (C=O) groups is 1. The number of hydrogen-bond donors (Lipinski definition) is 1. The van der Waals surface area contributed by atoms with Gasteiger partial charge in [0.15, 0.2) is 5.78 Å². The number of para-hydroxylation sites is 1. The minimum atomic E-state index is -0.185. The highest BCUT2D eigenvalue weighted by atomic mass is 16.1. The molecule has 1 N–H and O–H groups in total. The highest BCUT2D eigenvalue weighted by Gasteiger charge is 2.26. The summed E-state index contributed by atoms with van der Waals surface area (Å²) in [5.74, 6) is -0.0390. The first kappa shape index (κ1) is 16.0. The molecule has 0 aliphatic rings. The molecular formula is C22H21NO. The fraction of sp³-hybridized carbons (Fsp3) is 0.136. The molecule has 2 heteroatoms. The standard InChI is InChI=1S/C22H21NO/c1-17(22(24)19-13-7-3-8-14-19)21(18-11-5-2-6-12-18)23-20-15-9-4-10-16-20/h2-17,21,23H,1H3/t17-,21-/m1/s1. The molecule has 0 fully saturated rings. The van der Waals surface area contributed by atoms with Gasteiger partial charge in [-0.1, -0.05) is 85.8 Å². The van der Waals surface area contributed by atoms with Gasteiger partial charge in [0, 0.05) is 17.2 Å². The minimum Gasteiger partial charge on any atom is -0.378 e. The van der Waals surface area contributed by atoms with E-state index in [4.69, 9.17) is 0 Å². The maximum Gasteiger partial charge on any atom is 0.168 e. The topological polar surface area (TPSA) is 29.1 Å². The van der Waals surface area contributed by atoms with Gasteiger partial charge in [0.25, 0.3) is 0 Å². The van der Waals surface area contributed by atoms with Crippen molar-refractivity contribution in [1.82, 2.24) is 0 Å². The second-order valence-corrected chi connectivity index (χ2v) is 5.92. The number of nitrogens with one attached hydrogen (secondary N) is 1. The first-order chi connectivity index (χ1) is 11.8. The highest BCUT2D eigenvalue weighted by Crippen LogP contribution is 2.29. The quantitative estimate of drug-likeness (QED) is 0.620. The first-order valence-corrected chi connectivity index (χ1v) is 8.21. The van der Waals surface area contributed by atoms with Crippen LogP contribution in [-0.2, 0) is 0 Å². The molecule has 2 atom stereocenters. The zero-order valence-corrected chi connectivity index (χ0v) is 13.7. The van der Waals surface area contributed by atoms with Crippen LogP contribution >= 0.6 is 0 Å². The summed E-state index contributed by atoms with van der Waals surface area (Å²) in [7, 11) is 0. The normalized spacial score (nSPS) is 13.0. The zero-order chi connectivity index (χ0) is 16.8. The van der Waals surface area contributed by atoms with Gasteiger partial charge < -0.3 is 5.32 Å². The predicted octanol–water partition coefficient (Wildman–Crippen LogP) is 5.36. The van der Waals surface area contributed by atoms with Gasteiger partial charge in [-0.15, -0.1) is 0 Å². The Bertz CT molecular complexity index is 769. The number of ketones is 1. The van der Waals surface area contributed by atoms with Crippen LogP contribution in [0.2, 0.25) is 0 Å². The largest absolute Gasteiger partial charge is 0.378 e. The van der Waals surface area contributed by atoms with Gasteiger partial charge >= 0.3 is 0 Å². The summed E-state index contributed by atoms with van der Waals surface area (Å²) < 4.78 is 0. The fourth-order valence-electron chi connectivity index (χ4n) is 2.89. The Morgan fingerprint density at radius 2 is 1.25 bits per heavy atom. The van der Waals surface area contributed by atoms with Crippen molar-refractivity contribution >= 4 is 11.5 Å². The lowest BCUT2D eigenvalue weighted by Crippen LogP contribution is -2.25. The molecule has 0 radical (unpaired) electrons. The van der Waals surface area contributed by atoms with Gasteiger partial charge in [0.1, 0.15) is 0 Å². The van der Waals surface area contributed by atoms with Crippen LogP contribution in [0.4, 0.5) is 5.69 Å². The molecule has 2 nitrogen and oxygen atoms in total. The third-order valence-electron chi connectivity index (χ3n) is 4.23. The van der Waals surface area contributed by atoms with Crippen molar-refractivity contribution in [3.8, 4) is 0 Å². The monoisotopic (exact) mass is 315 g/mol. The van der Waals surface area contributed by atoms with E-state index in [2.05, 4.69) is 17.4 Å². The van der Waals surface area contributed by atoms with E-state index in [1.54, 1.807) is 0 Å². The molecule has 0 saturated carbocycles. The third kappa shape index (κ3) is 3.72. The summed E-state index contributed by atoms with van der Waals surface area (Å²) >= 11 is 0. The Morgan fingerprint density at radius 1 is 0.750 bits per heavy atom. The average Bonchev–Trinajstić information content (AvgIpc) is 2.67. The molecule has 0 aliphatic carbocycles. The lowest BCUT2D eigenvalue weighted by Gasteiger charge is -2.26. The van der Waals surface area contributed by atoms with E-state index in [-0.39, 0.29) is 17.7 Å². The third-order valence-corrected chi connectivity index (χ3v) is 4.23. The van der Waals surface area contributed by atoms with E-state index >= 15 is 0 Å². The minimum absolute atomic E-state index is 0.0821. The van der Waals surface area contributed by atoms with Crippen molar-refractivity contribution in [2.45, 2.75) is 13.0 Å². The van der Waals surface area contributed by atoms with E-state index < -0.39 is 0 Å². The van der Waals surface area contributed by atoms with Gasteiger partial charge in [0.05, 0.1) is 6.04 Å². The van der Waals surface area contributed by atoms with Crippen molar-refractivity contribution in [2.24, 2.45) is 5.92 Å². The Hall–Kier alpha value is -2.87. The number of anilines is 1. The van der Waals surface area contributed by atoms with Gasteiger partial charge in [-0.05, 0) is 17.7 Å². The Kier molecular flexibility index (Phi) is 5.07. The van der Waals surface area contributed by atoms with Crippen molar-refractivity contribution in [2.75, 3.05) is 5.32 Å². The predicted molar refractivity (Wildman–Crippen MR) is 99.2 cm³/mol. The van der Waals surface area contributed by atoms with Gasteiger partial charge in [-0.25, -0.2) is 0 Å². The molecule has 0 heterocycles. The molecule has 120 valence electrons. The molecule has 0 bridgehead atoms. The molecule has 3 aromatic carbocycles. The van der Waals surface area contributed by atoms with E-state index in [0.717, 1.165) is 16.8 Å². The van der Waals surface area contributed by atoms with Crippen LogP contribution < -0.4 is 5.32 Å². The molecule has 0 aliphatic heterocycles. The molecule has 0 amide bonds. The van der Waals surface area contributed by atoms with Crippen LogP contribution in [0.1, 0.15) is 28.9 Å². The molecule has 0 unspecified atom stereocenters. The van der Waals surface area contributed by atoms with E-state index in [9.17, 15) is 4.79 Å². The lowest BCUT2D eigenvalue weighted by atomic mass is 9.88. The summed E-state index contributed by atoms with van der Waals surface area (Å²) in [6.07, 6.45) is 0. The lowest BCUT2D eigenvalue weighted by molar-refractivity contribution is 0.0917. The second-order valence-electron chi connectivity index (χ2n) is 5.92. The van der Waals surface area contributed by atoms with E-state index in [0.29, 0.717) is 0 Å². The molecular weight excluding hydrogens is 294 g/mol. The van der Waals surface area contributed by atoms with Crippen LogP contribution in [-0.4, -0.2) is 5.78 Å². The number of Topliss-reactive ketones (excluding diaryl/α,β-unsaturated/α-hetero) is 1. The summed E-state index contributed by atoms with van der Waals surface area (Å²) in [4.78, 5) is 12.9. The molecule has 0 aromatic heterocycles. The molecule has 0 spiro atoms. The van der Waals surface area contributed by atoms with E-state index in [1.807, 2.05) is 85.8 Å². The summed E-state index contributed by atoms with van der Waals surface area (Å²) in [6.45, 7) is 1.99. The Balaban J connectivity index is 1.90. The zero-order valence-electron chi connectivity index (χ0n) is 13.7. The Morgan fingerprint density at radius 3 is 1.83 bits per heavy atom. The number of carbonyl (C=O) groups excluding carboxylic acids is 1. The molecule has 0 saturated heterocycles. The second kappa shape index (κ2) is 7.60. The number of rotatable bonds is 6. The smallest absolute Gasteiger partial charge is 0.168 e.